The minimum atomic E-state index is -4.25. The van der Waals surface area contributed by atoms with Crippen molar-refractivity contribution in [1.29, 1.82) is 0 Å². The molecule has 1 aromatic heterocycles. The van der Waals surface area contributed by atoms with Crippen molar-refractivity contribution in [2.24, 2.45) is 5.92 Å². The molecule has 3 rings (SSSR count). The van der Waals surface area contributed by atoms with E-state index in [4.69, 9.17) is 0 Å². The van der Waals surface area contributed by atoms with E-state index in [1.54, 1.807) is 0 Å². The first-order chi connectivity index (χ1) is 9.03. The summed E-state index contributed by atoms with van der Waals surface area (Å²) >= 11 is 0. The molecule has 0 bridgehead atoms. The number of anilines is 1. The van der Waals surface area contributed by atoms with Crippen molar-refractivity contribution in [3.8, 4) is 0 Å². The third-order valence-corrected chi connectivity index (χ3v) is 3.82. The Bertz CT molecular complexity index is 444. The van der Waals surface area contributed by atoms with E-state index in [1.807, 2.05) is 4.90 Å². The van der Waals surface area contributed by atoms with E-state index in [-0.39, 0.29) is 5.82 Å². The monoisotopic (exact) mass is 275 g/mol. The summed E-state index contributed by atoms with van der Waals surface area (Å²) in [5.74, 6) is 0.839. The van der Waals surface area contributed by atoms with Gasteiger partial charge in [0.15, 0.2) is 0 Å². The summed E-state index contributed by atoms with van der Waals surface area (Å²) in [4.78, 5) is 6.02. The van der Waals surface area contributed by atoms with Gasteiger partial charge in [-0.2, -0.15) is 18.2 Å². The maximum absolute atomic E-state index is 12.3. The summed E-state index contributed by atoms with van der Waals surface area (Å²) in [7, 11) is 0. The largest absolute Gasteiger partial charge is 0.396 e. The summed E-state index contributed by atoms with van der Waals surface area (Å²) in [5.41, 5.74) is 0. The minimum Gasteiger partial charge on any atom is -0.335 e. The molecule has 2 aliphatic rings. The molecule has 2 unspecified atom stereocenters. The molecule has 2 N–H and O–H groups in total. The average molecular weight is 275 g/mol. The zero-order valence-electron chi connectivity index (χ0n) is 10.4. The molecule has 2 saturated heterocycles. The Kier molecular flexibility index (Phi) is 3.12. The van der Waals surface area contributed by atoms with Crippen molar-refractivity contribution in [1.82, 2.24) is 20.5 Å². The van der Waals surface area contributed by atoms with Crippen LogP contribution in [0.1, 0.15) is 18.7 Å². The van der Waals surface area contributed by atoms with Gasteiger partial charge in [-0.25, -0.2) is 0 Å². The number of rotatable bonds is 2. The van der Waals surface area contributed by atoms with Crippen molar-refractivity contribution < 1.29 is 13.2 Å². The van der Waals surface area contributed by atoms with Crippen LogP contribution in [-0.2, 0) is 6.42 Å². The van der Waals surface area contributed by atoms with Crippen LogP contribution in [0, 0.1) is 5.92 Å². The Balaban J connectivity index is 1.75. The lowest BCUT2D eigenvalue weighted by Gasteiger charge is -2.36. The Hall–Kier alpha value is -1.31. The van der Waals surface area contributed by atoms with Crippen molar-refractivity contribution in [2.75, 3.05) is 24.5 Å². The number of H-pyrrole nitrogens is 1. The van der Waals surface area contributed by atoms with E-state index in [1.165, 1.54) is 0 Å². The third-order valence-electron chi connectivity index (χ3n) is 3.82. The molecule has 0 aromatic carbocycles. The Morgan fingerprint density at radius 1 is 1.32 bits per heavy atom. The first kappa shape index (κ1) is 12.7. The van der Waals surface area contributed by atoms with Gasteiger partial charge in [0.2, 0.25) is 5.95 Å². The van der Waals surface area contributed by atoms with Crippen LogP contribution in [0.4, 0.5) is 19.1 Å². The number of fused-ring (bicyclic) bond motifs is 1. The van der Waals surface area contributed by atoms with Crippen LogP contribution in [0.25, 0.3) is 0 Å². The molecule has 2 atom stereocenters. The van der Waals surface area contributed by atoms with Crippen molar-refractivity contribution in [3.05, 3.63) is 5.82 Å². The molecule has 0 saturated carbocycles. The fraction of sp³-hybridized carbons (Fsp3) is 0.818. The summed E-state index contributed by atoms with van der Waals surface area (Å²) in [6.45, 7) is 2.64. The number of hydrogen-bond donors (Lipinski definition) is 2. The van der Waals surface area contributed by atoms with Crippen molar-refractivity contribution in [2.45, 2.75) is 31.5 Å². The maximum Gasteiger partial charge on any atom is 0.396 e. The molecule has 2 fully saturated rings. The lowest BCUT2D eigenvalue weighted by Crippen LogP contribution is -2.45. The average Bonchev–Trinajstić information content (AvgIpc) is 2.94. The smallest absolute Gasteiger partial charge is 0.335 e. The van der Waals surface area contributed by atoms with Gasteiger partial charge in [-0.3, -0.25) is 5.10 Å². The highest BCUT2D eigenvalue weighted by Gasteiger charge is 2.37. The van der Waals surface area contributed by atoms with Gasteiger partial charge in [0.05, 0.1) is 0 Å². The predicted octanol–water partition coefficient (Wildman–Crippen LogP) is 1.10. The third kappa shape index (κ3) is 2.68. The van der Waals surface area contributed by atoms with Gasteiger partial charge < -0.3 is 10.2 Å². The number of nitrogens with one attached hydrogen (secondary N) is 2. The summed E-state index contributed by atoms with van der Waals surface area (Å²) < 4.78 is 36.9. The molecular weight excluding hydrogens is 259 g/mol. The highest BCUT2D eigenvalue weighted by atomic mass is 19.4. The number of halogens is 3. The summed E-state index contributed by atoms with van der Waals surface area (Å²) in [6.07, 6.45) is -3.11. The van der Waals surface area contributed by atoms with Gasteiger partial charge in [0.1, 0.15) is 12.2 Å². The molecule has 0 amide bonds. The lowest BCUT2D eigenvalue weighted by atomic mass is 9.92. The molecular formula is C11H16F3N5. The molecule has 106 valence electrons. The van der Waals surface area contributed by atoms with Gasteiger partial charge in [0, 0.05) is 25.7 Å². The van der Waals surface area contributed by atoms with Gasteiger partial charge in [0.25, 0.3) is 0 Å². The summed E-state index contributed by atoms with van der Waals surface area (Å²) in [5, 5.41) is 9.66. The molecule has 0 spiro atoms. The highest BCUT2D eigenvalue weighted by Crippen LogP contribution is 2.29. The molecule has 5 nitrogen and oxygen atoms in total. The summed E-state index contributed by atoms with van der Waals surface area (Å²) in [6, 6.07) is 0.309. The van der Waals surface area contributed by atoms with E-state index in [0.717, 1.165) is 32.5 Å². The fourth-order valence-electron chi connectivity index (χ4n) is 3.00. The lowest BCUT2D eigenvalue weighted by molar-refractivity contribution is -0.128. The predicted molar refractivity (Wildman–Crippen MR) is 62.9 cm³/mol. The number of piperidine rings is 1. The molecule has 1 aromatic rings. The number of aromatic amines is 1. The van der Waals surface area contributed by atoms with E-state index in [9.17, 15) is 13.2 Å². The van der Waals surface area contributed by atoms with Crippen LogP contribution in [0.3, 0.4) is 0 Å². The maximum atomic E-state index is 12.3. The van der Waals surface area contributed by atoms with E-state index in [0.29, 0.717) is 17.9 Å². The van der Waals surface area contributed by atoms with Crippen LogP contribution in [0.15, 0.2) is 0 Å². The van der Waals surface area contributed by atoms with Crippen LogP contribution in [-0.4, -0.2) is 47.0 Å². The Labute approximate surface area is 108 Å². The standard InChI is InChI=1S/C11H16F3N5/c12-11(13,14)4-9-16-10(18-17-9)19-3-1-2-7-5-15-6-8(7)19/h7-8,15H,1-6H2,(H,16,17,18). The Morgan fingerprint density at radius 3 is 2.95 bits per heavy atom. The van der Waals surface area contributed by atoms with Gasteiger partial charge in [-0.1, -0.05) is 0 Å². The zero-order chi connectivity index (χ0) is 13.5. The topological polar surface area (TPSA) is 56.8 Å². The molecule has 0 radical (unpaired) electrons. The second-order valence-corrected chi connectivity index (χ2v) is 5.20. The van der Waals surface area contributed by atoms with E-state index in [2.05, 4.69) is 20.5 Å². The quantitative estimate of drug-likeness (QED) is 0.848. The highest BCUT2D eigenvalue weighted by molar-refractivity contribution is 5.33. The van der Waals surface area contributed by atoms with Crippen molar-refractivity contribution >= 4 is 5.95 Å². The van der Waals surface area contributed by atoms with Gasteiger partial charge in [-0.05, 0) is 18.8 Å². The molecule has 8 heteroatoms. The van der Waals surface area contributed by atoms with Crippen LogP contribution in [0.2, 0.25) is 0 Å². The number of nitrogens with zero attached hydrogens (tertiary/aromatic N) is 3. The van der Waals surface area contributed by atoms with Crippen molar-refractivity contribution in [3.63, 3.8) is 0 Å². The normalized spacial score (nSPS) is 27.6. The SMILES string of the molecule is FC(F)(F)Cc1nc(N2CCCC3CNCC32)n[nH]1. The number of alkyl halides is 3. The van der Waals surface area contributed by atoms with E-state index >= 15 is 0 Å². The first-order valence-corrected chi connectivity index (χ1v) is 6.48. The number of aromatic nitrogens is 3. The molecule has 0 aliphatic carbocycles. The minimum absolute atomic E-state index is 0.115. The van der Waals surface area contributed by atoms with Gasteiger partial charge in [-0.15, -0.1) is 5.10 Å². The number of hydrogen-bond acceptors (Lipinski definition) is 4. The molecule has 19 heavy (non-hydrogen) atoms. The Morgan fingerprint density at radius 2 is 2.16 bits per heavy atom. The second kappa shape index (κ2) is 4.66. The van der Waals surface area contributed by atoms with Crippen LogP contribution >= 0.6 is 0 Å². The fourth-order valence-corrected chi connectivity index (χ4v) is 3.00. The molecule has 2 aliphatic heterocycles. The first-order valence-electron chi connectivity index (χ1n) is 6.48. The van der Waals surface area contributed by atoms with Crippen LogP contribution < -0.4 is 10.2 Å². The zero-order valence-corrected chi connectivity index (χ0v) is 10.4. The second-order valence-electron chi connectivity index (χ2n) is 5.20. The van der Waals surface area contributed by atoms with Crippen LogP contribution in [0.5, 0.6) is 0 Å². The van der Waals surface area contributed by atoms with E-state index < -0.39 is 12.6 Å². The van der Waals surface area contributed by atoms with Gasteiger partial charge >= 0.3 is 6.18 Å². The molecule has 3 heterocycles.